The van der Waals surface area contributed by atoms with Crippen LogP contribution in [0.15, 0.2) is 0 Å². The first kappa shape index (κ1) is 13.0. The molecule has 0 spiro atoms. The van der Waals surface area contributed by atoms with Gasteiger partial charge in [-0.05, 0) is 45.4 Å². The van der Waals surface area contributed by atoms with Gasteiger partial charge >= 0.3 is 0 Å². The molecule has 0 aromatic rings. The summed E-state index contributed by atoms with van der Waals surface area (Å²) in [6, 6.07) is 0. The van der Waals surface area contributed by atoms with E-state index in [0.717, 1.165) is 19.1 Å². The Morgan fingerprint density at radius 3 is 2.53 bits per heavy atom. The Balaban J connectivity index is 2.33. The van der Waals surface area contributed by atoms with Crippen LogP contribution in [0.3, 0.4) is 0 Å². The highest BCUT2D eigenvalue weighted by Crippen LogP contribution is 2.26. The van der Waals surface area contributed by atoms with Crippen molar-refractivity contribution in [2.45, 2.75) is 59.1 Å². The first-order chi connectivity index (χ1) is 6.88. The van der Waals surface area contributed by atoms with E-state index in [1.807, 2.05) is 0 Å². The molecule has 1 aliphatic rings. The summed E-state index contributed by atoms with van der Waals surface area (Å²) in [6.45, 7) is 13.3. The van der Waals surface area contributed by atoms with Crippen LogP contribution in [0, 0.1) is 11.8 Å². The zero-order valence-electron chi connectivity index (χ0n) is 11.0. The van der Waals surface area contributed by atoms with E-state index in [1.54, 1.807) is 0 Å². The van der Waals surface area contributed by atoms with Gasteiger partial charge in [0.2, 0.25) is 0 Å². The van der Waals surface area contributed by atoms with Gasteiger partial charge in [0.1, 0.15) is 0 Å². The summed E-state index contributed by atoms with van der Waals surface area (Å²) >= 11 is 0. The minimum atomic E-state index is 0.227. The van der Waals surface area contributed by atoms with E-state index in [-0.39, 0.29) is 5.54 Å². The third kappa shape index (κ3) is 4.98. The average molecular weight is 213 g/mol. The third-order valence-electron chi connectivity index (χ3n) is 2.94. The number of hydrogen-bond donors (Lipinski definition) is 1. The van der Waals surface area contributed by atoms with Crippen LogP contribution in [0.4, 0.5) is 0 Å². The average Bonchev–Trinajstić information content (AvgIpc) is 2.46. The number of hydrogen-bond acceptors (Lipinski definition) is 2. The first-order valence-corrected chi connectivity index (χ1v) is 6.25. The summed E-state index contributed by atoms with van der Waals surface area (Å²) in [6.07, 6.45) is 2.91. The standard InChI is InChI=1S/C13H27NO/c1-10(2)8-12-11(6-7-15-12)9-14-13(3,4)5/h10-12,14H,6-9H2,1-5H3. The molecule has 2 nitrogen and oxygen atoms in total. The lowest BCUT2D eigenvalue weighted by molar-refractivity contribution is 0.0716. The lowest BCUT2D eigenvalue weighted by Crippen LogP contribution is -2.41. The summed E-state index contributed by atoms with van der Waals surface area (Å²) in [7, 11) is 0. The maximum Gasteiger partial charge on any atom is 0.0618 e. The van der Waals surface area contributed by atoms with E-state index in [2.05, 4.69) is 39.9 Å². The Kier molecular flexibility index (Phi) is 4.60. The molecule has 2 heteroatoms. The molecule has 0 saturated carbocycles. The van der Waals surface area contributed by atoms with Gasteiger partial charge in [-0.1, -0.05) is 13.8 Å². The highest BCUT2D eigenvalue weighted by molar-refractivity contribution is 4.81. The largest absolute Gasteiger partial charge is 0.378 e. The van der Waals surface area contributed by atoms with E-state index in [4.69, 9.17) is 4.74 Å². The summed E-state index contributed by atoms with van der Waals surface area (Å²) in [5.74, 6) is 1.46. The Hall–Kier alpha value is -0.0800. The third-order valence-corrected chi connectivity index (χ3v) is 2.94. The fourth-order valence-electron chi connectivity index (χ4n) is 2.09. The quantitative estimate of drug-likeness (QED) is 0.775. The maximum absolute atomic E-state index is 5.80. The molecule has 0 amide bonds. The monoisotopic (exact) mass is 213 g/mol. The summed E-state index contributed by atoms with van der Waals surface area (Å²) in [4.78, 5) is 0. The van der Waals surface area contributed by atoms with Crippen molar-refractivity contribution in [1.82, 2.24) is 5.32 Å². The highest BCUT2D eigenvalue weighted by Gasteiger charge is 2.29. The van der Waals surface area contributed by atoms with Crippen molar-refractivity contribution in [2.75, 3.05) is 13.2 Å². The van der Waals surface area contributed by atoms with Gasteiger partial charge in [0.15, 0.2) is 0 Å². The van der Waals surface area contributed by atoms with Crippen LogP contribution >= 0.6 is 0 Å². The van der Waals surface area contributed by atoms with Gasteiger partial charge in [-0.15, -0.1) is 0 Å². The molecule has 0 aliphatic carbocycles. The molecular formula is C13H27NO. The molecule has 0 radical (unpaired) electrons. The molecule has 90 valence electrons. The van der Waals surface area contributed by atoms with Crippen LogP contribution in [0.5, 0.6) is 0 Å². The van der Waals surface area contributed by atoms with Crippen molar-refractivity contribution in [3.63, 3.8) is 0 Å². The minimum Gasteiger partial charge on any atom is -0.378 e. The molecule has 1 fully saturated rings. The predicted molar refractivity (Wildman–Crippen MR) is 65.1 cm³/mol. The van der Waals surface area contributed by atoms with Crippen LogP contribution in [-0.4, -0.2) is 24.8 Å². The van der Waals surface area contributed by atoms with Crippen LogP contribution in [0.1, 0.15) is 47.5 Å². The van der Waals surface area contributed by atoms with E-state index >= 15 is 0 Å². The van der Waals surface area contributed by atoms with E-state index in [9.17, 15) is 0 Å². The molecule has 1 saturated heterocycles. The Morgan fingerprint density at radius 1 is 1.33 bits per heavy atom. The van der Waals surface area contributed by atoms with Crippen LogP contribution in [0.25, 0.3) is 0 Å². The fourth-order valence-corrected chi connectivity index (χ4v) is 2.09. The second-order valence-electron chi connectivity index (χ2n) is 6.22. The van der Waals surface area contributed by atoms with Gasteiger partial charge < -0.3 is 10.1 Å². The normalized spacial score (nSPS) is 27.6. The molecule has 0 aromatic heterocycles. The maximum atomic E-state index is 5.80. The van der Waals surface area contributed by atoms with Crippen molar-refractivity contribution in [1.29, 1.82) is 0 Å². The first-order valence-electron chi connectivity index (χ1n) is 6.25. The van der Waals surface area contributed by atoms with Gasteiger partial charge in [0.05, 0.1) is 6.10 Å². The van der Waals surface area contributed by atoms with Gasteiger partial charge in [-0.25, -0.2) is 0 Å². The Labute approximate surface area is 94.8 Å². The lowest BCUT2D eigenvalue weighted by Gasteiger charge is -2.26. The molecule has 0 bridgehead atoms. The second kappa shape index (κ2) is 5.31. The van der Waals surface area contributed by atoms with Crippen molar-refractivity contribution >= 4 is 0 Å². The van der Waals surface area contributed by atoms with Crippen LogP contribution < -0.4 is 5.32 Å². The molecule has 1 heterocycles. The number of rotatable bonds is 4. The molecule has 1 N–H and O–H groups in total. The second-order valence-corrected chi connectivity index (χ2v) is 6.22. The van der Waals surface area contributed by atoms with Crippen molar-refractivity contribution in [3.8, 4) is 0 Å². The summed E-state index contributed by atoms with van der Waals surface area (Å²) in [5.41, 5.74) is 0.227. The summed E-state index contributed by atoms with van der Waals surface area (Å²) < 4.78 is 5.80. The van der Waals surface area contributed by atoms with E-state index in [0.29, 0.717) is 12.0 Å². The zero-order chi connectivity index (χ0) is 11.5. The fraction of sp³-hybridized carbons (Fsp3) is 1.00. The topological polar surface area (TPSA) is 21.3 Å². The van der Waals surface area contributed by atoms with Gasteiger partial charge in [0, 0.05) is 18.7 Å². The predicted octanol–water partition coefficient (Wildman–Crippen LogP) is 2.83. The smallest absolute Gasteiger partial charge is 0.0618 e. The number of ether oxygens (including phenoxy) is 1. The van der Waals surface area contributed by atoms with Gasteiger partial charge in [-0.2, -0.15) is 0 Å². The molecule has 1 aliphatic heterocycles. The molecular weight excluding hydrogens is 186 g/mol. The van der Waals surface area contributed by atoms with Crippen molar-refractivity contribution in [2.24, 2.45) is 11.8 Å². The molecule has 2 unspecified atom stereocenters. The Bertz CT molecular complexity index is 183. The SMILES string of the molecule is CC(C)CC1OCCC1CNC(C)(C)C. The molecule has 15 heavy (non-hydrogen) atoms. The van der Waals surface area contributed by atoms with Crippen molar-refractivity contribution < 1.29 is 4.74 Å². The number of nitrogens with one attached hydrogen (secondary N) is 1. The zero-order valence-corrected chi connectivity index (χ0v) is 11.0. The van der Waals surface area contributed by atoms with Crippen LogP contribution in [0.2, 0.25) is 0 Å². The highest BCUT2D eigenvalue weighted by atomic mass is 16.5. The lowest BCUT2D eigenvalue weighted by atomic mass is 9.93. The Morgan fingerprint density at radius 2 is 2.00 bits per heavy atom. The van der Waals surface area contributed by atoms with E-state index in [1.165, 1.54) is 12.8 Å². The molecule has 2 atom stereocenters. The van der Waals surface area contributed by atoms with Gasteiger partial charge in [0.25, 0.3) is 0 Å². The van der Waals surface area contributed by atoms with Crippen molar-refractivity contribution in [3.05, 3.63) is 0 Å². The molecule has 1 rings (SSSR count). The van der Waals surface area contributed by atoms with Crippen LogP contribution in [-0.2, 0) is 4.74 Å². The minimum absolute atomic E-state index is 0.227. The van der Waals surface area contributed by atoms with Gasteiger partial charge in [-0.3, -0.25) is 0 Å². The van der Waals surface area contributed by atoms with E-state index < -0.39 is 0 Å². The summed E-state index contributed by atoms with van der Waals surface area (Å²) in [5, 5.41) is 3.59. The molecule has 0 aromatic carbocycles.